The lowest BCUT2D eigenvalue weighted by atomic mass is 10.1. The van der Waals surface area contributed by atoms with Crippen LogP contribution in [0.4, 0.5) is 20.3 Å². The smallest absolute Gasteiger partial charge is 0.277 e. The zero-order valence-electron chi connectivity index (χ0n) is 17.3. The maximum atomic E-state index is 12.7. The number of hydrogen-bond donors (Lipinski definition) is 3. The summed E-state index contributed by atoms with van der Waals surface area (Å²) in [6.07, 6.45) is 3.01. The predicted molar refractivity (Wildman–Crippen MR) is 112 cm³/mol. The van der Waals surface area contributed by atoms with Crippen molar-refractivity contribution in [2.45, 2.75) is 25.3 Å². The minimum absolute atomic E-state index is 0.0284. The fourth-order valence-corrected chi connectivity index (χ4v) is 3.34. The molecule has 33 heavy (non-hydrogen) atoms. The molecule has 1 aliphatic heterocycles. The molecule has 2 amide bonds. The number of nitrogens with two attached hydrogens (primary N) is 1. The van der Waals surface area contributed by atoms with Gasteiger partial charge in [0, 0.05) is 31.2 Å². The molecule has 11 nitrogen and oxygen atoms in total. The molecule has 0 spiro atoms. The Morgan fingerprint density at radius 1 is 1.30 bits per heavy atom. The Bertz CT molecular complexity index is 1140. The minimum Gasteiger partial charge on any atom is -0.444 e. The van der Waals surface area contributed by atoms with Crippen molar-refractivity contribution < 1.29 is 27.5 Å². The first-order chi connectivity index (χ1) is 15.9. The fourth-order valence-electron chi connectivity index (χ4n) is 3.34. The molecular weight excluding hydrogens is 440 g/mol. The summed E-state index contributed by atoms with van der Waals surface area (Å²) in [5, 5.41) is 9.32. The van der Waals surface area contributed by atoms with Crippen molar-refractivity contribution in [3.8, 4) is 11.5 Å². The summed E-state index contributed by atoms with van der Waals surface area (Å²) in [7, 11) is 0. The van der Waals surface area contributed by atoms with Crippen LogP contribution in [0, 0.1) is 0 Å². The molecule has 1 saturated heterocycles. The molecular formula is C20H21F2N7O4. The molecule has 0 saturated carbocycles. The van der Waals surface area contributed by atoms with Crippen molar-refractivity contribution >= 4 is 23.3 Å². The lowest BCUT2D eigenvalue weighted by Gasteiger charge is -2.22. The number of nitrogens with zero attached hydrogens (tertiary/aromatic N) is 4. The van der Waals surface area contributed by atoms with E-state index in [2.05, 4.69) is 25.7 Å². The Kier molecular flexibility index (Phi) is 6.58. The van der Waals surface area contributed by atoms with Crippen molar-refractivity contribution in [1.29, 1.82) is 0 Å². The quantitative estimate of drug-likeness (QED) is 0.462. The van der Waals surface area contributed by atoms with Crippen LogP contribution in [0.3, 0.4) is 0 Å². The lowest BCUT2D eigenvalue weighted by molar-refractivity contribution is 0.0660. The van der Waals surface area contributed by atoms with Crippen molar-refractivity contribution in [2.24, 2.45) is 5.73 Å². The summed E-state index contributed by atoms with van der Waals surface area (Å²) < 4.78 is 37.1. The van der Waals surface area contributed by atoms with E-state index in [-0.39, 0.29) is 34.8 Å². The summed E-state index contributed by atoms with van der Waals surface area (Å²) in [6, 6.07) is 3.06. The van der Waals surface area contributed by atoms with Crippen LogP contribution >= 0.6 is 0 Å². The van der Waals surface area contributed by atoms with E-state index >= 15 is 0 Å². The van der Waals surface area contributed by atoms with Crippen LogP contribution in [-0.2, 0) is 4.74 Å². The molecule has 0 radical (unpaired) electrons. The molecule has 4 rings (SSSR count). The number of hydrogen-bond acceptors (Lipinski definition) is 8. The van der Waals surface area contributed by atoms with Gasteiger partial charge >= 0.3 is 0 Å². The van der Waals surface area contributed by atoms with Gasteiger partial charge in [0.25, 0.3) is 18.2 Å². The maximum absolute atomic E-state index is 12.7. The highest BCUT2D eigenvalue weighted by Gasteiger charge is 2.23. The van der Waals surface area contributed by atoms with E-state index in [1.165, 1.54) is 12.3 Å². The highest BCUT2D eigenvalue weighted by Crippen LogP contribution is 2.25. The number of rotatable bonds is 8. The Balaban J connectivity index is 1.49. The average molecular weight is 461 g/mol. The van der Waals surface area contributed by atoms with Gasteiger partial charge in [-0.2, -0.15) is 5.10 Å². The van der Waals surface area contributed by atoms with Gasteiger partial charge in [-0.1, -0.05) is 0 Å². The number of primary amides is 1. The molecule has 0 bridgehead atoms. The van der Waals surface area contributed by atoms with Gasteiger partial charge in [0.15, 0.2) is 11.4 Å². The Hall–Kier alpha value is -3.87. The second kappa shape index (κ2) is 9.73. The zero-order chi connectivity index (χ0) is 23.4. The number of nitrogens with one attached hydrogen (secondary N) is 2. The first kappa shape index (κ1) is 22.3. The SMILES string of the molecule is NC(=O)c1nn(C2CCOCC2)cc1NC(=O)c1coc(-c2ccnc(NCC(F)F)c2)n1. The third-order valence-electron chi connectivity index (χ3n) is 4.96. The van der Waals surface area contributed by atoms with Crippen LogP contribution in [0.1, 0.15) is 39.9 Å². The topological polar surface area (TPSA) is 150 Å². The maximum Gasteiger partial charge on any atom is 0.277 e. The van der Waals surface area contributed by atoms with E-state index in [9.17, 15) is 18.4 Å². The summed E-state index contributed by atoms with van der Waals surface area (Å²) in [5.41, 5.74) is 5.90. The Morgan fingerprint density at radius 2 is 2.09 bits per heavy atom. The number of amides is 2. The molecule has 174 valence electrons. The summed E-state index contributed by atoms with van der Waals surface area (Å²) >= 11 is 0. The van der Waals surface area contributed by atoms with Crippen molar-refractivity contribution in [1.82, 2.24) is 19.7 Å². The number of alkyl halides is 2. The number of carbonyl (C=O) groups excluding carboxylic acids is 2. The molecule has 0 aromatic carbocycles. The van der Waals surface area contributed by atoms with Gasteiger partial charge in [0.1, 0.15) is 12.1 Å². The van der Waals surface area contributed by atoms with E-state index in [1.54, 1.807) is 16.9 Å². The number of oxazole rings is 1. The molecule has 1 fully saturated rings. The zero-order valence-corrected chi connectivity index (χ0v) is 17.3. The van der Waals surface area contributed by atoms with E-state index in [4.69, 9.17) is 14.9 Å². The van der Waals surface area contributed by atoms with E-state index in [0.29, 0.717) is 18.8 Å². The highest BCUT2D eigenvalue weighted by atomic mass is 19.3. The monoisotopic (exact) mass is 461 g/mol. The van der Waals surface area contributed by atoms with Crippen LogP contribution in [0.25, 0.3) is 11.5 Å². The minimum atomic E-state index is -2.53. The summed E-state index contributed by atoms with van der Waals surface area (Å²) in [4.78, 5) is 32.6. The molecule has 13 heteroatoms. The number of carbonyl (C=O) groups is 2. The first-order valence-electron chi connectivity index (χ1n) is 10.1. The standard InChI is InChI=1S/C20H21F2N7O4/c21-15(22)8-25-16-7-11(1-4-24-16)20-27-14(10-33-20)19(31)26-13-9-29(28-17(13)18(23)30)12-2-5-32-6-3-12/h1,4,7,9-10,12,15H,2-3,5-6,8H2,(H2,23,30)(H,24,25)(H,26,31). The highest BCUT2D eigenvalue weighted by molar-refractivity contribution is 6.07. The van der Waals surface area contributed by atoms with Crippen LogP contribution < -0.4 is 16.4 Å². The second-order valence-electron chi connectivity index (χ2n) is 7.27. The first-order valence-corrected chi connectivity index (χ1v) is 10.1. The third-order valence-corrected chi connectivity index (χ3v) is 4.96. The van der Waals surface area contributed by atoms with Crippen LogP contribution in [-0.4, -0.2) is 57.7 Å². The normalized spacial score (nSPS) is 14.4. The average Bonchev–Trinajstić information content (AvgIpc) is 3.46. The largest absolute Gasteiger partial charge is 0.444 e. The van der Waals surface area contributed by atoms with Crippen molar-refractivity contribution in [3.63, 3.8) is 0 Å². The van der Waals surface area contributed by atoms with E-state index < -0.39 is 24.8 Å². The Morgan fingerprint density at radius 3 is 2.82 bits per heavy atom. The summed E-state index contributed by atoms with van der Waals surface area (Å²) in [6.45, 7) is 0.599. The van der Waals surface area contributed by atoms with Crippen LogP contribution in [0.2, 0.25) is 0 Å². The van der Waals surface area contributed by atoms with E-state index in [0.717, 1.165) is 19.1 Å². The number of pyridine rings is 1. The van der Waals surface area contributed by atoms with Gasteiger partial charge in [-0.05, 0) is 25.0 Å². The number of ether oxygens (including phenoxy) is 1. The van der Waals surface area contributed by atoms with Gasteiger partial charge < -0.3 is 25.5 Å². The molecule has 4 N–H and O–H groups in total. The predicted octanol–water partition coefficient (Wildman–Crippen LogP) is 2.31. The molecule has 4 heterocycles. The van der Waals surface area contributed by atoms with E-state index in [1.807, 2.05) is 0 Å². The van der Waals surface area contributed by atoms with Crippen LogP contribution in [0.15, 0.2) is 35.2 Å². The molecule has 3 aromatic heterocycles. The van der Waals surface area contributed by atoms with Gasteiger partial charge in [-0.15, -0.1) is 0 Å². The van der Waals surface area contributed by atoms with Gasteiger partial charge in [0.05, 0.1) is 18.3 Å². The molecule has 1 aliphatic rings. The Labute approximate surface area is 186 Å². The molecule has 0 unspecified atom stereocenters. The van der Waals surface area contributed by atoms with Crippen molar-refractivity contribution in [3.05, 3.63) is 42.2 Å². The third kappa shape index (κ3) is 5.31. The van der Waals surface area contributed by atoms with Gasteiger partial charge in [-0.25, -0.2) is 18.7 Å². The number of halogens is 2. The lowest BCUT2D eigenvalue weighted by Crippen LogP contribution is -2.21. The second-order valence-corrected chi connectivity index (χ2v) is 7.27. The van der Waals surface area contributed by atoms with Gasteiger partial charge in [-0.3, -0.25) is 14.3 Å². The van der Waals surface area contributed by atoms with Crippen LogP contribution in [0.5, 0.6) is 0 Å². The summed E-state index contributed by atoms with van der Waals surface area (Å²) in [5.74, 6) is -1.11. The van der Waals surface area contributed by atoms with Crippen molar-refractivity contribution in [2.75, 3.05) is 30.4 Å². The van der Waals surface area contributed by atoms with Gasteiger partial charge in [0.2, 0.25) is 5.89 Å². The molecule has 0 aliphatic carbocycles. The number of anilines is 2. The fraction of sp³-hybridized carbons (Fsp3) is 0.350. The number of aromatic nitrogens is 4. The molecule has 3 aromatic rings. The molecule has 0 atom stereocenters.